The summed E-state index contributed by atoms with van der Waals surface area (Å²) in [6.07, 6.45) is 0. The molecule has 0 bridgehead atoms. The van der Waals surface area contributed by atoms with Crippen molar-refractivity contribution in [2.45, 2.75) is 25.7 Å². The molecule has 0 spiro atoms. The molecule has 1 rings (SSSR count). The number of halogens is 1. The molecule has 5 heteroatoms. The first-order chi connectivity index (χ1) is 6.79. The second-order valence-corrected chi connectivity index (χ2v) is 5.95. The van der Waals surface area contributed by atoms with Crippen LogP contribution in [0.3, 0.4) is 0 Å². The van der Waals surface area contributed by atoms with Crippen LogP contribution < -0.4 is 4.74 Å². The number of aryl methyl sites for hydroxylation is 1. The molecule has 0 aliphatic heterocycles. The van der Waals surface area contributed by atoms with Crippen LogP contribution in [0, 0.1) is 20.8 Å². The van der Waals surface area contributed by atoms with E-state index in [1.807, 2.05) is 6.92 Å². The summed E-state index contributed by atoms with van der Waals surface area (Å²) in [4.78, 5) is 0.153. The molecule has 3 nitrogen and oxygen atoms in total. The fourth-order valence-corrected chi connectivity index (χ4v) is 2.91. The van der Waals surface area contributed by atoms with E-state index in [1.54, 1.807) is 21.0 Å². The van der Waals surface area contributed by atoms with Gasteiger partial charge in [-0.15, -0.1) is 0 Å². The third-order valence-electron chi connectivity index (χ3n) is 2.45. The first-order valence-electron chi connectivity index (χ1n) is 4.38. The van der Waals surface area contributed by atoms with Gasteiger partial charge < -0.3 is 4.74 Å². The Labute approximate surface area is 94.4 Å². The number of hydrogen-bond acceptors (Lipinski definition) is 3. The highest BCUT2D eigenvalue weighted by atomic mass is 35.7. The highest BCUT2D eigenvalue weighted by molar-refractivity contribution is 8.13. The highest BCUT2D eigenvalue weighted by Crippen LogP contribution is 2.32. The Kier molecular flexibility index (Phi) is 3.31. The lowest BCUT2D eigenvalue weighted by Gasteiger charge is -2.13. The summed E-state index contributed by atoms with van der Waals surface area (Å²) in [5.74, 6) is 0.705. The number of rotatable bonds is 2. The minimum atomic E-state index is -3.69. The summed E-state index contributed by atoms with van der Waals surface area (Å²) in [6.45, 7) is 5.32. The minimum Gasteiger partial charge on any atom is -0.496 e. The van der Waals surface area contributed by atoms with Gasteiger partial charge in [-0.2, -0.15) is 0 Å². The molecule has 0 aliphatic rings. The van der Waals surface area contributed by atoms with Gasteiger partial charge in [0.15, 0.2) is 0 Å². The van der Waals surface area contributed by atoms with Crippen LogP contribution in [0.15, 0.2) is 11.0 Å². The average Bonchev–Trinajstić information content (AvgIpc) is 2.10. The number of methoxy groups -OCH3 is 1. The zero-order valence-electron chi connectivity index (χ0n) is 9.09. The molecule has 0 unspecified atom stereocenters. The van der Waals surface area contributed by atoms with Gasteiger partial charge in [0.25, 0.3) is 9.05 Å². The summed E-state index contributed by atoms with van der Waals surface area (Å²) >= 11 is 0. The lowest BCUT2D eigenvalue weighted by Crippen LogP contribution is -2.01. The zero-order valence-corrected chi connectivity index (χ0v) is 10.7. The van der Waals surface area contributed by atoms with Crippen molar-refractivity contribution in [2.24, 2.45) is 0 Å². The van der Waals surface area contributed by atoms with Crippen LogP contribution in [0.25, 0.3) is 0 Å². The standard InChI is InChI=1S/C10H13ClO3S/c1-6-5-9(15(11,12)13)7(2)8(3)10(6)14-4/h5H,1-4H3. The predicted molar refractivity (Wildman–Crippen MR) is 60.2 cm³/mol. The van der Waals surface area contributed by atoms with Crippen LogP contribution in [-0.4, -0.2) is 15.5 Å². The van der Waals surface area contributed by atoms with Crippen molar-refractivity contribution >= 4 is 19.7 Å². The molecule has 0 fully saturated rings. The second-order valence-electron chi connectivity index (χ2n) is 3.41. The largest absolute Gasteiger partial charge is 0.496 e. The summed E-state index contributed by atoms with van der Waals surface area (Å²) in [5.41, 5.74) is 2.20. The van der Waals surface area contributed by atoms with Crippen LogP contribution >= 0.6 is 10.7 Å². The van der Waals surface area contributed by atoms with Crippen LogP contribution in [0.2, 0.25) is 0 Å². The van der Waals surface area contributed by atoms with E-state index in [9.17, 15) is 8.42 Å². The maximum atomic E-state index is 11.3. The van der Waals surface area contributed by atoms with Gasteiger partial charge in [0, 0.05) is 10.7 Å². The van der Waals surface area contributed by atoms with E-state index in [-0.39, 0.29) is 4.90 Å². The molecule has 84 valence electrons. The Balaban J connectivity index is 3.62. The van der Waals surface area contributed by atoms with Gasteiger partial charge in [0.1, 0.15) is 5.75 Å². The lowest BCUT2D eigenvalue weighted by atomic mass is 10.1. The summed E-state index contributed by atoms with van der Waals surface area (Å²) in [5, 5.41) is 0. The summed E-state index contributed by atoms with van der Waals surface area (Å²) < 4.78 is 27.8. The third kappa shape index (κ3) is 2.26. The molecule has 0 aliphatic carbocycles. The number of ether oxygens (including phenoxy) is 1. The maximum absolute atomic E-state index is 11.3. The first kappa shape index (κ1) is 12.3. The lowest BCUT2D eigenvalue weighted by molar-refractivity contribution is 0.407. The topological polar surface area (TPSA) is 43.4 Å². The first-order valence-corrected chi connectivity index (χ1v) is 6.69. The SMILES string of the molecule is COc1c(C)cc(S(=O)(=O)Cl)c(C)c1C. The molecule has 0 heterocycles. The number of benzene rings is 1. The Hall–Kier alpha value is -0.740. The normalized spacial score (nSPS) is 11.5. The van der Waals surface area contributed by atoms with Crippen LogP contribution in [0.5, 0.6) is 5.75 Å². The van der Waals surface area contributed by atoms with E-state index < -0.39 is 9.05 Å². The minimum absolute atomic E-state index is 0.153. The van der Waals surface area contributed by atoms with Crippen molar-refractivity contribution in [2.75, 3.05) is 7.11 Å². The van der Waals surface area contributed by atoms with Gasteiger partial charge in [-0.25, -0.2) is 8.42 Å². The molecule has 0 radical (unpaired) electrons. The second kappa shape index (κ2) is 4.02. The molecule has 0 aromatic heterocycles. The molecule has 0 saturated heterocycles. The van der Waals surface area contributed by atoms with Crippen LogP contribution in [0.1, 0.15) is 16.7 Å². The Morgan fingerprint density at radius 1 is 1.20 bits per heavy atom. The highest BCUT2D eigenvalue weighted by Gasteiger charge is 2.18. The molecule has 0 amide bonds. The van der Waals surface area contributed by atoms with Crippen molar-refractivity contribution in [1.82, 2.24) is 0 Å². The molecule has 0 atom stereocenters. The molecule has 0 saturated carbocycles. The van der Waals surface area contributed by atoms with Gasteiger partial charge in [-0.05, 0) is 43.5 Å². The molecule has 0 N–H and O–H groups in total. The Bertz CT molecular complexity index is 492. The third-order valence-corrected chi connectivity index (χ3v) is 3.89. The average molecular weight is 249 g/mol. The predicted octanol–water partition coefficient (Wildman–Crippen LogP) is 2.55. The van der Waals surface area contributed by atoms with Gasteiger partial charge >= 0.3 is 0 Å². The summed E-state index contributed by atoms with van der Waals surface area (Å²) in [6, 6.07) is 1.53. The maximum Gasteiger partial charge on any atom is 0.261 e. The summed E-state index contributed by atoms with van der Waals surface area (Å²) in [7, 11) is 3.21. The molecular formula is C10H13ClO3S. The molecule has 1 aromatic carbocycles. The van der Waals surface area contributed by atoms with Gasteiger partial charge in [-0.1, -0.05) is 0 Å². The van der Waals surface area contributed by atoms with E-state index in [0.717, 1.165) is 11.1 Å². The van der Waals surface area contributed by atoms with Crippen LogP contribution in [0.4, 0.5) is 0 Å². The van der Waals surface area contributed by atoms with Gasteiger partial charge in [0.05, 0.1) is 12.0 Å². The van der Waals surface area contributed by atoms with Gasteiger partial charge in [-0.3, -0.25) is 0 Å². The van der Waals surface area contributed by atoms with Crippen molar-refractivity contribution in [3.8, 4) is 5.75 Å². The van der Waals surface area contributed by atoms with E-state index in [1.165, 1.54) is 6.07 Å². The van der Waals surface area contributed by atoms with Crippen LogP contribution in [-0.2, 0) is 9.05 Å². The Morgan fingerprint density at radius 3 is 2.13 bits per heavy atom. The molecular weight excluding hydrogens is 236 g/mol. The van der Waals surface area contributed by atoms with E-state index in [4.69, 9.17) is 15.4 Å². The molecule has 15 heavy (non-hydrogen) atoms. The van der Waals surface area contributed by atoms with Gasteiger partial charge in [0.2, 0.25) is 0 Å². The fraction of sp³-hybridized carbons (Fsp3) is 0.400. The number of hydrogen-bond donors (Lipinski definition) is 0. The smallest absolute Gasteiger partial charge is 0.261 e. The van der Waals surface area contributed by atoms with Crippen molar-refractivity contribution < 1.29 is 13.2 Å². The van der Waals surface area contributed by atoms with E-state index in [2.05, 4.69) is 0 Å². The molecule has 1 aromatic rings. The monoisotopic (exact) mass is 248 g/mol. The van der Waals surface area contributed by atoms with E-state index >= 15 is 0 Å². The fourth-order valence-electron chi connectivity index (χ4n) is 1.59. The van der Waals surface area contributed by atoms with Crippen molar-refractivity contribution in [3.63, 3.8) is 0 Å². The van der Waals surface area contributed by atoms with Crippen molar-refractivity contribution in [1.29, 1.82) is 0 Å². The van der Waals surface area contributed by atoms with Crippen molar-refractivity contribution in [3.05, 3.63) is 22.8 Å². The Morgan fingerprint density at radius 2 is 1.73 bits per heavy atom. The zero-order chi connectivity index (χ0) is 11.8. The van der Waals surface area contributed by atoms with E-state index in [0.29, 0.717) is 11.3 Å². The quantitative estimate of drug-likeness (QED) is 0.756.